The minimum Gasteiger partial charge on any atom is -0.494 e. The van der Waals surface area contributed by atoms with Crippen LogP contribution < -0.4 is 9.46 Å². The molecule has 0 atom stereocenters. The van der Waals surface area contributed by atoms with Gasteiger partial charge in [0.2, 0.25) is 10.0 Å². The molecule has 160 valence electrons. The predicted molar refractivity (Wildman–Crippen MR) is 117 cm³/mol. The Labute approximate surface area is 182 Å². The number of rotatable bonds is 6. The van der Waals surface area contributed by atoms with Crippen molar-refractivity contribution in [1.82, 2.24) is 14.3 Å². The van der Waals surface area contributed by atoms with E-state index in [4.69, 9.17) is 4.74 Å². The molecule has 1 N–H and O–H groups in total. The van der Waals surface area contributed by atoms with Crippen LogP contribution in [0, 0.1) is 5.82 Å². The molecule has 0 aliphatic heterocycles. The van der Waals surface area contributed by atoms with E-state index in [1.807, 2.05) is 32.2 Å². The number of sulfonamides is 1. The van der Waals surface area contributed by atoms with E-state index in [9.17, 15) is 17.6 Å². The predicted octanol–water partition coefficient (Wildman–Crippen LogP) is 3.65. The van der Waals surface area contributed by atoms with Gasteiger partial charge in [-0.3, -0.25) is 4.79 Å². The van der Waals surface area contributed by atoms with Crippen molar-refractivity contribution in [3.05, 3.63) is 70.4 Å². The minimum atomic E-state index is -3.71. The number of ether oxygens (including phenoxy) is 1. The van der Waals surface area contributed by atoms with Crippen LogP contribution in [0.25, 0.3) is 22.2 Å². The molecule has 4 rings (SSSR count). The van der Waals surface area contributed by atoms with Crippen LogP contribution in [0.5, 0.6) is 5.75 Å². The second-order valence-corrected chi connectivity index (χ2v) is 9.42. The van der Waals surface area contributed by atoms with E-state index in [1.165, 1.54) is 19.2 Å². The van der Waals surface area contributed by atoms with Crippen LogP contribution in [0.4, 0.5) is 4.39 Å². The summed E-state index contributed by atoms with van der Waals surface area (Å²) < 4.78 is 46.1. The molecule has 3 heterocycles. The van der Waals surface area contributed by atoms with Crippen molar-refractivity contribution in [1.29, 1.82) is 0 Å². The molecule has 0 saturated heterocycles. The van der Waals surface area contributed by atoms with E-state index in [2.05, 4.69) is 4.98 Å². The first-order valence-electron chi connectivity index (χ1n) is 9.12. The largest absolute Gasteiger partial charge is 0.494 e. The number of carbonyl (C=O) groups excluding carboxylic acids is 1. The number of benzene rings is 1. The molecule has 3 aromatic heterocycles. The van der Waals surface area contributed by atoms with E-state index in [0.717, 1.165) is 22.9 Å². The van der Waals surface area contributed by atoms with Crippen LogP contribution in [0.15, 0.2) is 53.2 Å². The molecule has 0 aliphatic carbocycles. The van der Waals surface area contributed by atoms with Gasteiger partial charge in [0, 0.05) is 22.4 Å². The number of pyridine rings is 1. The summed E-state index contributed by atoms with van der Waals surface area (Å²) in [6, 6.07) is 11.7. The number of nitrogens with zero attached hydrogens (tertiary/aromatic N) is 2. The summed E-state index contributed by atoms with van der Waals surface area (Å²) in [4.78, 5) is 16.5. The Morgan fingerprint density at radius 3 is 2.74 bits per heavy atom. The topological polar surface area (TPSA) is 90.3 Å². The number of thiophene rings is 1. The van der Waals surface area contributed by atoms with Crippen molar-refractivity contribution in [3.63, 3.8) is 0 Å². The van der Waals surface area contributed by atoms with Gasteiger partial charge in [-0.15, -0.1) is 0 Å². The van der Waals surface area contributed by atoms with E-state index in [-0.39, 0.29) is 18.0 Å². The van der Waals surface area contributed by atoms with Gasteiger partial charge in [0.05, 0.1) is 36.8 Å². The van der Waals surface area contributed by atoms with Gasteiger partial charge in [0.15, 0.2) is 11.6 Å². The number of fused-ring (bicyclic) bond motifs is 1. The molecular weight excluding hydrogens is 441 g/mol. The average molecular weight is 460 g/mol. The third kappa shape index (κ3) is 4.44. The molecule has 31 heavy (non-hydrogen) atoms. The van der Waals surface area contributed by atoms with Crippen LogP contribution >= 0.6 is 11.3 Å². The second-order valence-electron chi connectivity index (χ2n) is 6.89. The maximum Gasteiger partial charge on any atom is 0.283 e. The Hall–Kier alpha value is -3.24. The number of nitrogens with one attached hydrogen (secondary N) is 1. The lowest BCUT2D eigenvalue weighted by molar-refractivity contribution is 0.0976. The molecule has 1 amide bonds. The van der Waals surface area contributed by atoms with Crippen molar-refractivity contribution >= 4 is 38.2 Å². The second kappa shape index (κ2) is 8.12. The highest BCUT2D eigenvalue weighted by Gasteiger charge is 2.17. The molecule has 0 unspecified atom stereocenters. The summed E-state index contributed by atoms with van der Waals surface area (Å²) in [6.07, 6.45) is 0.899. The van der Waals surface area contributed by atoms with Crippen LogP contribution in [-0.2, 0) is 16.6 Å². The fourth-order valence-corrected chi connectivity index (χ4v) is 4.41. The van der Waals surface area contributed by atoms with Crippen molar-refractivity contribution in [2.24, 2.45) is 0 Å². The monoisotopic (exact) mass is 459 g/mol. The Bertz CT molecular complexity index is 1380. The molecule has 1 aromatic carbocycles. The first kappa shape index (κ1) is 21.0. The smallest absolute Gasteiger partial charge is 0.283 e. The molecule has 0 radical (unpaired) electrons. The number of carbonyl (C=O) groups is 1. The summed E-state index contributed by atoms with van der Waals surface area (Å²) in [6.45, 7) is 0.250. The summed E-state index contributed by atoms with van der Waals surface area (Å²) >= 11 is 1.54. The molecule has 0 bridgehead atoms. The average Bonchev–Trinajstić information content (AvgIpc) is 3.35. The highest BCUT2D eigenvalue weighted by atomic mass is 32.2. The Kier molecular flexibility index (Phi) is 5.50. The molecule has 10 heteroatoms. The number of halogens is 1. The first-order valence-corrected chi connectivity index (χ1v) is 12.0. The molecule has 0 saturated carbocycles. The van der Waals surface area contributed by atoms with Gasteiger partial charge in [-0.2, -0.15) is 11.3 Å². The summed E-state index contributed by atoms with van der Waals surface area (Å²) in [5.74, 6) is -1.14. The Morgan fingerprint density at radius 1 is 1.26 bits per heavy atom. The maximum atomic E-state index is 14.5. The number of methoxy groups -OCH3 is 1. The number of amides is 1. The van der Waals surface area contributed by atoms with Crippen LogP contribution in [-0.4, -0.2) is 37.2 Å². The fourth-order valence-electron chi connectivity index (χ4n) is 3.32. The van der Waals surface area contributed by atoms with Gasteiger partial charge in [-0.1, -0.05) is 6.07 Å². The zero-order chi connectivity index (χ0) is 22.2. The summed E-state index contributed by atoms with van der Waals surface area (Å²) in [7, 11) is -2.29. The zero-order valence-corrected chi connectivity index (χ0v) is 18.3. The molecule has 0 aliphatic rings. The Morgan fingerprint density at radius 2 is 2.06 bits per heavy atom. The van der Waals surface area contributed by atoms with Gasteiger partial charge < -0.3 is 9.30 Å². The Balaban J connectivity index is 1.79. The van der Waals surface area contributed by atoms with Gasteiger partial charge in [0.25, 0.3) is 5.91 Å². The van der Waals surface area contributed by atoms with Crippen LogP contribution in [0.2, 0.25) is 0 Å². The molecule has 0 fully saturated rings. The van der Waals surface area contributed by atoms with Crippen LogP contribution in [0.1, 0.15) is 16.2 Å². The number of aromatic nitrogens is 2. The lowest BCUT2D eigenvalue weighted by Gasteiger charge is -2.11. The van der Waals surface area contributed by atoms with Crippen molar-refractivity contribution in [3.8, 4) is 17.0 Å². The van der Waals surface area contributed by atoms with E-state index < -0.39 is 21.7 Å². The highest BCUT2D eigenvalue weighted by Crippen LogP contribution is 2.33. The third-order valence-corrected chi connectivity index (χ3v) is 5.87. The SMILES string of the molecule is COc1cc2cc(-c3ccsc3)n(Cc3cccc(C(=O)NS(C)(=O)=O)n3)c2cc1F. The van der Waals surface area contributed by atoms with E-state index in [1.54, 1.807) is 29.5 Å². The van der Waals surface area contributed by atoms with Crippen molar-refractivity contribution in [2.45, 2.75) is 6.54 Å². The van der Waals surface area contributed by atoms with Crippen molar-refractivity contribution in [2.75, 3.05) is 13.4 Å². The molecule has 0 spiro atoms. The standard InChI is InChI=1S/C21H18FN3O4S2/c1-29-20-9-14-8-18(13-6-7-30-12-13)25(19(14)10-16(20)22)11-15-4-3-5-17(23-15)21(26)24-31(2,27)28/h3-10,12H,11H2,1-2H3,(H,24,26). The zero-order valence-electron chi connectivity index (χ0n) is 16.6. The lowest BCUT2D eigenvalue weighted by Crippen LogP contribution is -2.30. The number of hydrogen-bond donors (Lipinski definition) is 1. The van der Waals surface area contributed by atoms with E-state index >= 15 is 0 Å². The summed E-state index contributed by atoms with van der Waals surface area (Å²) in [5, 5.41) is 4.74. The molecule has 4 aromatic rings. The number of hydrogen-bond acceptors (Lipinski definition) is 6. The maximum absolute atomic E-state index is 14.5. The van der Waals surface area contributed by atoms with Gasteiger partial charge >= 0.3 is 0 Å². The van der Waals surface area contributed by atoms with Crippen LogP contribution in [0.3, 0.4) is 0 Å². The normalized spacial score (nSPS) is 11.6. The van der Waals surface area contributed by atoms with Gasteiger partial charge in [-0.25, -0.2) is 22.5 Å². The molecule has 7 nitrogen and oxygen atoms in total. The highest BCUT2D eigenvalue weighted by molar-refractivity contribution is 7.89. The quantitative estimate of drug-likeness (QED) is 0.475. The fraction of sp³-hybridized carbons (Fsp3) is 0.143. The first-order chi connectivity index (χ1) is 14.7. The van der Waals surface area contributed by atoms with Gasteiger partial charge in [0.1, 0.15) is 5.69 Å². The molecular formula is C21H18FN3O4S2. The summed E-state index contributed by atoms with van der Waals surface area (Å²) in [5.41, 5.74) is 2.96. The third-order valence-electron chi connectivity index (χ3n) is 4.63. The van der Waals surface area contributed by atoms with Gasteiger partial charge in [-0.05, 0) is 35.7 Å². The van der Waals surface area contributed by atoms with Crippen molar-refractivity contribution < 1.29 is 22.3 Å². The lowest BCUT2D eigenvalue weighted by atomic mass is 10.2. The van der Waals surface area contributed by atoms with E-state index in [0.29, 0.717) is 11.2 Å². The minimum absolute atomic E-state index is 0.0238.